The Morgan fingerprint density at radius 1 is 1.00 bits per heavy atom. The van der Waals surface area contributed by atoms with Crippen LogP contribution in [0.5, 0.6) is 0 Å². The number of hydrogen-bond acceptors (Lipinski definition) is 2. The van der Waals surface area contributed by atoms with Crippen LogP contribution in [0.1, 0.15) is 0 Å². The lowest BCUT2D eigenvalue weighted by atomic mass is 10.2. The summed E-state index contributed by atoms with van der Waals surface area (Å²) in [6, 6.07) is 12.7. The van der Waals surface area contributed by atoms with Gasteiger partial charge in [-0.2, -0.15) is 5.10 Å². The molecule has 20 heavy (non-hydrogen) atoms. The van der Waals surface area contributed by atoms with Crippen LogP contribution in [-0.4, -0.2) is 39.4 Å². The average molecular weight is 268 g/mol. The Balaban J connectivity index is 1.53. The quantitative estimate of drug-likeness (QED) is 0.686. The maximum absolute atomic E-state index is 4.22. The zero-order chi connectivity index (χ0) is 13.8. The molecule has 0 spiro atoms. The van der Waals surface area contributed by atoms with Crippen molar-refractivity contribution in [3.05, 3.63) is 55.0 Å². The van der Waals surface area contributed by atoms with Crippen LogP contribution in [0, 0.1) is 0 Å². The fourth-order valence-corrected chi connectivity index (χ4v) is 2.43. The van der Waals surface area contributed by atoms with E-state index in [-0.39, 0.29) is 0 Å². The summed E-state index contributed by atoms with van der Waals surface area (Å²) in [5, 5.41) is 5.54. The van der Waals surface area contributed by atoms with Crippen LogP contribution >= 0.6 is 0 Å². The van der Waals surface area contributed by atoms with E-state index in [9.17, 15) is 0 Å². The fraction of sp³-hybridized carbons (Fsp3) is 0.312. The zero-order valence-electron chi connectivity index (χ0n) is 11.8. The second kappa shape index (κ2) is 5.92. The number of nitrogens with zero attached hydrogens (tertiary/aromatic N) is 4. The van der Waals surface area contributed by atoms with Gasteiger partial charge in [0, 0.05) is 43.7 Å². The van der Waals surface area contributed by atoms with Gasteiger partial charge in [-0.25, -0.2) is 0 Å². The molecule has 3 aromatic rings. The van der Waals surface area contributed by atoms with Gasteiger partial charge in [-0.05, 0) is 30.6 Å². The number of likely N-dealkylation sites (N-methyl/N-ethyl adjacent to an activating group) is 1. The summed E-state index contributed by atoms with van der Waals surface area (Å²) in [5.41, 5.74) is 1.31. The van der Waals surface area contributed by atoms with Crippen molar-refractivity contribution in [1.82, 2.24) is 19.2 Å². The van der Waals surface area contributed by atoms with Crippen molar-refractivity contribution in [2.24, 2.45) is 0 Å². The number of benzene rings is 1. The van der Waals surface area contributed by atoms with E-state index in [1.165, 1.54) is 10.9 Å². The van der Waals surface area contributed by atoms with Gasteiger partial charge in [0.1, 0.15) is 0 Å². The molecule has 0 atom stereocenters. The molecular formula is C16H20N4. The Kier molecular flexibility index (Phi) is 3.83. The van der Waals surface area contributed by atoms with Gasteiger partial charge < -0.3 is 9.47 Å². The molecule has 0 N–H and O–H groups in total. The number of fused-ring (bicyclic) bond motifs is 1. The molecule has 0 fully saturated rings. The summed E-state index contributed by atoms with van der Waals surface area (Å²) in [6.07, 6.45) is 6.01. The Hall–Kier alpha value is -2.07. The minimum Gasteiger partial charge on any atom is -0.346 e. The third-order valence-corrected chi connectivity index (χ3v) is 3.67. The molecule has 0 aliphatic carbocycles. The van der Waals surface area contributed by atoms with Gasteiger partial charge in [0.15, 0.2) is 0 Å². The first-order valence-electron chi connectivity index (χ1n) is 7.03. The summed E-state index contributed by atoms with van der Waals surface area (Å²) in [5.74, 6) is 0. The van der Waals surface area contributed by atoms with Crippen molar-refractivity contribution in [2.45, 2.75) is 13.1 Å². The lowest BCUT2D eigenvalue weighted by Crippen LogP contribution is -2.27. The van der Waals surface area contributed by atoms with Crippen LogP contribution in [0.15, 0.2) is 55.0 Å². The first kappa shape index (κ1) is 12.9. The number of aromatic nitrogens is 3. The van der Waals surface area contributed by atoms with Crippen molar-refractivity contribution in [2.75, 3.05) is 20.1 Å². The summed E-state index contributed by atoms with van der Waals surface area (Å²) in [4.78, 5) is 2.34. The largest absolute Gasteiger partial charge is 0.346 e. The summed E-state index contributed by atoms with van der Waals surface area (Å²) < 4.78 is 4.29. The highest BCUT2D eigenvalue weighted by atomic mass is 15.3. The SMILES string of the molecule is CN(CCn1cccn1)CCn1ccc2ccccc21. The van der Waals surface area contributed by atoms with E-state index in [2.05, 4.69) is 58.1 Å². The van der Waals surface area contributed by atoms with E-state index >= 15 is 0 Å². The molecule has 0 saturated carbocycles. The second-order valence-electron chi connectivity index (χ2n) is 5.14. The van der Waals surface area contributed by atoms with Gasteiger partial charge in [0.2, 0.25) is 0 Å². The lowest BCUT2D eigenvalue weighted by molar-refractivity contribution is 0.301. The van der Waals surface area contributed by atoms with E-state index in [4.69, 9.17) is 0 Å². The first-order chi connectivity index (χ1) is 9.83. The molecule has 0 unspecified atom stereocenters. The van der Waals surface area contributed by atoms with Crippen LogP contribution in [0.3, 0.4) is 0 Å². The summed E-state index contributed by atoms with van der Waals surface area (Å²) in [6.45, 7) is 4.01. The van der Waals surface area contributed by atoms with Crippen molar-refractivity contribution in [3.63, 3.8) is 0 Å². The molecule has 4 nitrogen and oxygen atoms in total. The molecule has 2 heterocycles. The predicted octanol–water partition coefficient (Wildman–Crippen LogP) is 2.47. The molecule has 104 valence electrons. The minimum atomic E-state index is 0.940. The Labute approximate surface area is 119 Å². The van der Waals surface area contributed by atoms with Crippen LogP contribution in [0.25, 0.3) is 10.9 Å². The molecule has 0 aliphatic heterocycles. The summed E-state index contributed by atoms with van der Waals surface area (Å²) in [7, 11) is 2.16. The van der Waals surface area contributed by atoms with E-state index in [0.29, 0.717) is 0 Å². The standard InChI is InChI=1S/C16H20N4/c1-18(12-14-20-9-4-8-17-20)11-13-19-10-7-15-5-2-3-6-16(15)19/h2-10H,11-14H2,1H3. The number of rotatable bonds is 6. The molecule has 3 rings (SSSR count). The maximum atomic E-state index is 4.22. The van der Waals surface area contributed by atoms with Gasteiger partial charge in [0.05, 0.1) is 6.54 Å². The van der Waals surface area contributed by atoms with Crippen molar-refractivity contribution in [1.29, 1.82) is 0 Å². The molecular weight excluding hydrogens is 248 g/mol. The third-order valence-electron chi connectivity index (χ3n) is 3.67. The van der Waals surface area contributed by atoms with Gasteiger partial charge >= 0.3 is 0 Å². The molecule has 1 aromatic carbocycles. The monoisotopic (exact) mass is 268 g/mol. The summed E-state index contributed by atoms with van der Waals surface area (Å²) >= 11 is 0. The molecule has 0 radical (unpaired) electrons. The van der Waals surface area contributed by atoms with E-state index in [0.717, 1.165) is 26.2 Å². The van der Waals surface area contributed by atoms with Crippen molar-refractivity contribution in [3.8, 4) is 0 Å². The lowest BCUT2D eigenvalue weighted by Gasteiger charge is -2.17. The highest BCUT2D eigenvalue weighted by molar-refractivity contribution is 5.79. The van der Waals surface area contributed by atoms with Gasteiger partial charge in [-0.15, -0.1) is 0 Å². The minimum absolute atomic E-state index is 0.940. The smallest absolute Gasteiger partial charge is 0.0536 e. The van der Waals surface area contributed by atoms with Crippen molar-refractivity contribution >= 4 is 10.9 Å². The van der Waals surface area contributed by atoms with E-state index in [1.54, 1.807) is 0 Å². The highest BCUT2D eigenvalue weighted by Gasteiger charge is 2.02. The van der Waals surface area contributed by atoms with Crippen LogP contribution < -0.4 is 0 Å². The van der Waals surface area contributed by atoms with Crippen molar-refractivity contribution < 1.29 is 0 Å². The van der Waals surface area contributed by atoms with Gasteiger partial charge in [-0.1, -0.05) is 18.2 Å². The molecule has 2 aromatic heterocycles. The normalized spacial score (nSPS) is 11.5. The van der Waals surface area contributed by atoms with E-state index in [1.807, 2.05) is 23.1 Å². The molecule has 0 saturated heterocycles. The zero-order valence-corrected chi connectivity index (χ0v) is 11.8. The second-order valence-corrected chi connectivity index (χ2v) is 5.14. The highest BCUT2D eigenvalue weighted by Crippen LogP contribution is 2.14. The molecule has 0 aliphatic rings. The van der Waals surface area contributed by atoms with Crippen LogP contribution in [0.2, 0.25) is 0 Å². The number of para-hydroxylation sites is 1. The molecule has 0 bridgehead atoms. The Morgan fingerprint density at radius 2 is 1.85 bits per heavy atom. The Morgan fingerprint density at radius 3 is 2.70 bits per heavy atom. The third kappa shape index (κ3) is 2.91. The Bertz CT molecular complexity index is 654. The van der Waals surface area contributed by atoms with E-state index < -0.39 is 0 Å². The number of hydrogen-bond donors (Lipinski definition) is 0. The maximum Gasteiger partial charge on any atom is 0.0536 e. The average Bonchev–Trinajstić information content (AvgIpc) is 3.12. The van der Waals surface area contributed by atoms with Gasteiger partial charge in [-0.3, -0.25) is 4.68 Å². The van der Waals surface area contributed by atoms with Crippen LogP contribution in [-0.2, 0) is 13.1 Å². The van der Waals surface area contributed by atoms with Gasteiger partial charge in [0.25, 0.3) is 0 Å². The molecule has 4 heteroatoms. The predicted molar refractivity (Wildman–Crippen MR) is 81.7 cm³/mol. The topological polar surface area (TPSA) is 26.0 Å². The molecule has 0 amide bonds. The fourth-order valence-electron chi connectivity index (χ4n) is 2.43. The first-order valence-corrected chi connectivity index (χ1v) is 7.03. The van der Waals surface area contributed by atoms with Crippen LogP contribution in [0.4, 0.5) is 0 Å².